The van der Waals surface area contributed by atoms with Crippen LogP contribution >= 0.6 is 22.9 Å². The predicted molar refractivity (Wildman–Crippen MR) is 85.9 cm³/mol. The van der Waals surface area contributed by atoms with Gasteiger partial charge >= 0.3 is 0 Å². The molecule has 1 amide bonds. The van der Waals surface area contributed by atoms with Crippen LogP contribution < -0.4 is 5.32 Å². The van der Waals surface area contributed by atoms with Crippen molar-refractivity contribution in [2.24, 2.45) is 0 Å². The number of hydrogen-bond donors (Lipinski definition) is 1. The molecule has 2 rings (SSSR count). The lowest BCUT2D eigenvalue weighted by Gasteiger charge is -2.13. The molecule has 0 aliphatic carbocycles. The van der Waals surface area contributed by atoms with Crippen molar-refractivity contribution in [3.63, 3.8) is 0 Å². The Balaban J connectivity index is 2.17. The summed E-state index contributed by atoms with van der Waals surface area (Å²) < 4.78 is 0. The Morgan fingerprint density at radius 3 is 2.70 bits per heavy atom. The van der Waals surface area contributed by atoms with Gasteiger partial charge in [0.2, 0.25) is 0 Å². The minimum absolute atomic E-state index is 0.0305. The third-order valence-electron chi connectivity index (χ3n) is 3.03. The number of carbonyl (C=O) groups excluding carboxylic acids is 1. The molecule has 20 heavy (non-hydrogen) atoms. The van der Waals surface area contributed by atoms with Crippen LogP contribution in [0.15, 0.2) is 29.6 Å². The molecule has 0 saturated heterocycles. The summed E-state index contributed by atoms with van der Waals surface area (Å²) in [6, 6.07) is 7.39. The number of hydrogen-bond acceptors (Lipinski definition) is 3. The van der Waals surface area contributed by atoms with Crippen molar-refractivity contribution in [1.82, 2.24) is 4.90 Å². The number of carbonyl (C=O) groups is 1. The zero-order valence-electron chi connectivity index (χ0n) is 11.7. The molecule has 1 N–H and O–H groups in total. The maximum Gasteiger partial charge on any atom is 0.253 e. The van der Waals surface area contributed by atoms with E-state index < -0.39 is 0 Å². The van der Waals surface area contributed by atoms with Gasteiger partial charge in [0.1, 0.15) is 0 Å². The van der Waals surface area contributed by atoms with E-state index in [0.29, 0.717) is 17.1 Å². The van der Waals surface area contributed by atoms with Crippen molar-refractivity contribution >= 4 is 34.5 Å². The number of nitrogens with one attached hydrogen (secondary N) is 1. The lowest BCUT2D eigenvalue weighted by molar-refractivity contribution is 0.0827. The molecule has 0 fully saturated rings. The summed E-state index contributed by atoms with van der Waals surface area (Å²) in [6.07, 6.45) is 0. The maximum absolute atomic E-state index is 12.0. The molecule has 0 unspecified atom stereocenters. The summed E-state index contributed by atoms with van der Waals surface area (Å²) in [6.45, 7) is 2.80. The van der Waals surface area contributed by atoms with Gasteiger partial charge in [-0.1, -0.05) is 11.6 Å². The molecule has 0 atom stereocenters. The van der Waals surface area contributed by atoms with Crippen LogP contribution in [0.3, 0.4) is 0 Å². The molecule has 1 aromatic carbocycles. The number of rotatable bonds is 4. The first kappa shape index (κ1) is 14.9. The van der Waals surface area contributed by atoms with Gasteiger partial charge in [-0.2, -0.15) is 0 Å². The Labute approximate surface area is 128 Å². The van der Waals surface area contributed by atoms with Crippen molar-refractivity contribution in [3.8, 4) is 0 Å². The van der Waals surface area contributed by atoms with Crippen molar-refractivity contribution in [3.05, 3.63) is 50.7 Å². The summed E-state index contributed by atoms with van der Waals surface area (Å²) >= 11 is 7.89. The Kier molecular flexibility index (Phi) is 4.68. The number of benzene rings is 1. The van der Waals surface area contributed by atoms with E-state index in [2.05, 4.69) is 23.7 Å². The molecule has 0 spiro atoms. The van der Waals surface area contributed by atoms with E-state index in [4.69, 9.17) is 11.6 Å². The minimum Gasteiger partial charge on any atom is -0.379 e. The lowest BCUT2D eigenvalue weighted by atomic mass is 10.1. The van der Waals surface area contributed by atoms with Crippen LogP contribution in [0, 0.1) is 6.92 Å². The van der Waals surface area contributed by atoms with Crippen molar-refractivity contribution in [2.75, 3.05) is 19.4 Å². The summed E-state index contributed by atoms with van der Waals surface area (Å²) in [5, 5.41) is 5.99. The maximum atomic E-state index is 12.0. The smallest absolute Gasteiger partial charge is 0.253 e. The molecule has 106 valence electrons. The van der Waals surface area contributed by atoms with E-state index in [1.165, 1.54) is 10.4 Å². The van der Waals surface area contributed by atoms with Crippen molar-refractivity contribution in [1.29, 1.82) is 0 Å². The number of aryl methyl sites for hydroxylation is 1. The van der Waals surface area contributed by atoms with Crippen LogP contribution in [0.4, 0.5) is 5.69 Å². The van der Waals surface area contributed by atoms with Gasteiger partial charge in [-0.15, -0.1) is 11.3 Å². The molecule has 5 heteroatoms. The highest BCUT2D eigenvalue weighted by molar-refractivity contribution is 7.10. The quantitative estimate of drug-likeness (QED) is 0.925. The minimum atomic E-state index is -0.0305. The first-order valence-corrected chi connectivity index (χ1v) is 7.53. The van der Waals surface area contributed by atoms with E-state index in [-0.39, 0.29) is 5.91 Å². The molecular formula is C15H17ClN2OS. The fourth-order valence-electron chi connectivity index (χ4n) is 1.81. The van der Waals surface area contributed by atoms with Crippen LogP contribution in [-0.4, -0.2) is 24.9 Å². The van der Waals surface area contributed by atoms with E-state index in [1.54, 1.807) is 48.5 Å². The standard InChI is InChI=1S/C15H17ClN2OS/c1-10-6-7-20-14(10)9-17-13-8-11(4-5-12(13)16)15(19)18(2)3/h4-8,17H,9H2,1-3H3. The highest BCUT2D eigenvalue weighted by Crippen LogP contribution is 2.25. The second-order valence-electron chi connectivity index (χ2n) is 4.77. The number of thiophene rings is 1. The predicted octanol–water partition coefficient (Wildman–Crippen LogP) is 4.02. The average Bonchev–Trinajstić information content (AvgIpc) is 2.82. The van der Waals surface area contributed by atoms with E-state index >= 15 is 0 Å². The van der Waals surface area contributed by atoms with E-state index in [9.17, 15) is 4.79 Å². The van der Waals surface area contributed by atoms with Gasteiger partial charge < -0.3 is 10.2 Å². The van der Waals surface area contributed by atoms with Crippen molar-refractivity contribution in [2.45, 2.75) is 13.5 Å². The normalized spacial score (nSPS) is 10.4. The Morgan fingerprint density at radius 1 is 1.35 bits per heavy atom. The van der Waals surface area contributed by atoms with Crippen LogP contribution in [-0.2, 0) is 6.54 Å². The van der Waals surface area contributed by atoms with E-state index in [0.717, 1.165) is 5.69 Å². The summed E-state index contributed by atoms with van der Waals surface area (Å²) in [5.74, 6) is -0.0305. The molecule has 1 aromatic heterocycles. The Bertz CT molecular complexity index is 622. The van der Waals surface area contributed by atoms with Gasteiger partial charge in [0.15, 0.2) is 0 Å². The van der Waals surface area contributed by atoms with Crippen LogP contribution in [0.2, 0.25) is 5.02 Å². The van der Waals surface area contributed by atoms with Crippen LogP contribution in [0.1, 0.15) is 20.8 Å². The summed E-state index contributed by atoms with van der Waals surface area (Å²) in [4.78, 5) is 14.8. The summed E-state index contributed by atoms with van der Waals surface area (Å²) in [5.41, 5.74) is 2.68. The highest BCUT2D eigenvalue weighted by atomic mass is 35.5. The van der Waals surface area contributed by atoms with Gasteiger partial charge in [-0.25, -0.2) is 0 Å². The number of nitrogens with zero attached hydrogens (tertiary/aromatic N) is 1. The first-order chi connectivity index (χ1) is 9.49. The molecular weight excluding hydrogens is 292 g/mol. The molecule has 0 aliphatic heterocycles. The topological polar surface area (TPSA) is 32.3 Å². The fraction of sp³-hybridized carbons (Fsp3) is 0.267. The monoisotopic (exact) mass is 308 g/mol. The second-order valence-corrected chi connectivity index (χ2v) is 6.18. The third kappa shape index (κ3) is 3.32. The second kappa shape index (κ2) is 6.29. The molecule has 2 aromatic rings. The van der Waals surface area contributed by atoms with Gasteiger partial charge in [0.25, 0.3) is 5.91 Å². The molecule has 0 bridgehead atoms. The van der Waals surface area contributed by atoms with Crippen LogP contribution in [0.25, 0.3) is 0 Å². The molecule has 1 heterocycles. The molecule has 0 aliphatic rings. The third-order valence-corrected chi connectivity index (χ3v) is 4.38. The van der Waals surface area contributed by atoms with Gasteiger partial charge in [-0.3, -0.25) is 4.79 Å². The van der Waals surface area contributed by atoms with Gasteiger partial charge in [0.05, 0.1) is 10.7 Å². The zero-order valence-corrected chi connectivity index (χ0v) is 13.3. The fourth-order valence-corrected chi connectivity index (χ4v) is 2.84. The number of amides is 1. The van der Waals surface area contributed by atoms with Crippen LogP contribution in [0.5, 0.6) is 0 Å². The molecule has 0 radical (unpaired) electrons. The molecule has 0 saturated carbocycles. The number of halogens is 1. The van der Waals surface area contributed by atoms with E-state index in [1.807, 2.05) is 0 Å². The lowest BCUT2D eigenvalue weighted by Crippen LogP contribution is -2.21. The Morgan fingerprint density at radius 2 is 2.10 bits per heavy atom. The highest BCUT2D eigenvalue weighted by Gasteiger charge is 2.11. The molecule has 3 nitrogen and oxygen atoms in total. The zero-order chi connectivity index (χ0) is 14.7. The number of anilines is 1. The SMILES string of the molecule is Cc1ccsc1CNc1cc(C(=O)N(C)C)ccc1Cl. The average molecular weight is 309 g/mol. The van der Waals surface area contributed by atoms with Gasteiger partial charge in [0, 0.05) is 31.1 Å². The summed E-state index contributed by atoms with van der Waals surface area (Å²) in [7, 11) is 3.47. The Hall–Kier alpha value is -1.52. The first-order valence-electron chi connectivity index (χ1n) is 6.27. The van der Waals surface area contributed by atoms with Gasteiger partial charge in [-0.05, 0) is 42.1 Å². The largest absolute Gasteiger partial charge is 0.379 e. The van der Waals surface area contributed by atoms with Crippen molar-refractivity contribution < 1.29 is 4.79 Å².